The van der Waals surface area contributed by atoms with E-state index in [2.05, 4.69) is 47.7 Å². The maximum absolute atomic E-state index is 12.9. The van der Waals surface area contributed by atoms with E-state index in [0.29, 0.717) is 15.6 Å². The van der Waals surface area contributed by atoms with E-state index in [-0.39, 0.29) is 11.4 Å². The molecule has 0 saturated heterocycles. The molecule has 0 bridgehead atoms. The van der Waals surface area contributed by atoms with Crippen LogP contribution in [0.15, 0.2) is 104 Å². The van der Waals surface area contributed by atoms with E-state index >= 15 is 0 Å². The highest BCUT2D eigenvalue weighted by Gasteiger charge is 2.14. The summed E-state index contributed by atoms with van der Waals surface area (Å²) in [6, 6.07) is 21.6. The van der Waals surface area contributed by atoms with E-state index in [1.165, 1.54) is 6.21 Å². The fourth-order valence-electron chi connectivity index (χ4n) is 2.93. The Balaban J connectivity index is 1.84. The summed E-state index contributed by atoms with van der Waals surface area (Å²) in [5, 5.41) is 16.8. The molecule has 3 N–H and O–H groups in total. The van der Waals surface area contributed by atoms with Gasteiger partial charge in [-0.3, -0.25) is 9.59 Å². The van der Waals surface area contributed by atoms with Gasteiger partial charge in [-0.15, -0.1) is 0 Å². The Morgan fingerprint density at radius 3 is 2.29 bits per heavy atom. The molecule has 0 radical (unpaired) electrons. The average Bonchev–Trinajstić information content (AvgIpc) is 2.82. The maximum Gasteiger partial charge on any atom is 0.287 e. The SMILES string of the molecule is CC(/C=C(\NC(=O)c1ccccc1)C(=O)NN=Cc1cc(Br)cc(Br)c1O)=C\c1ccccc1. The Labute approximate surface area is 214 Å². The van der Waals surface area contributed by atoms with Crippen molar-refractivity contribution in [2.75, 3.05) is 0 Å². The van der Waals surface area contributed by atoms with E-state index in [9.17, 15) is 14.7 Å². The van der Waals surface area contributed by atoms with Gasteiger partial charge in [0.1, 0.15) is 11.4 Å². The van der Waals surface area contributed by atoms with Crippen molar-refractivity contribution in [1.82, 2.24) is 10.7 Å². The largest absolute Gasteiger partial charge is 0.506 e. The van der Waals surface area contributed by atoms with Gasteiger partial charge >= 0.3 is 0 Å². The minimum atomic E-state index is -0.616. The fourth-order valence-corrected chi connectivity index (χ4v) is 4.19. The number of amides is 2. The van der Waals surface area contributed by atoms with Gasteiger partial charge in [-0.2, -0.15) is 5.10 Å². The number of carbonyl (C=O) groups excluding carboxylic acids is 2. The smallest absolute Gasteiger partial charge is 0.287 e. The van der Waals surface area contributed by atoms with Gasteiger partial charge in [0.2, 0.25) is 0 Å². The number of halogens is 2. The van der Waals surface area contributed by atoms with E-state index < -0.39 is 11.8 Å². The summed E-state index contributed by atoms with van der Waals surface area (Å²) < 4.78 is 1.20. The molecule has 0 spiro atoms. The number of allylic oxidation sites excluding steroid dienone is 2. The van der Waals surface area contributed by atoms with Gasteiger partial charge in [-0.25, -0.2) is 5.43 Å². The minimum absolute atomic E-state index is 0.0176. The molecule has 0 aromatic heterocycles. The van der Waals surface area contributed by atoms with Crippen molar-refractivity contribution in [3.8, 4) is 5.75 Å². The maximum atomic E-state index is 12.9. The molecule has 0 heterocycles. The molecule has 0 saturated carbocycles. The van der Waals surface area contributed by atoms with Gasteiger partial charge in [0, 0.05) is 15.6 Å². The normalized spacial score (nSPS) is 12.0. The lowest BCUT2D eigenvalue weighted by Crippen LogP contribution is -2.33. The molecule has 172 valence electrons. The molecule has 3 aromatic carbocycles. The number of nitrogens with zero attached hydrogens (tertiary/aromatic N) is 1. The third-order valence-corrected chi connectivity index (χ3v) is 5.58. The summed E-state index contributed by atoms with van der Waals surface area (Å²) in [5.41, 5.74) is 4.94. The van der Waals surface area contributed by atoms with Gasteiger partial charge in [0.15, 0.2) is 0 Å². The van der Waals surface area contributed by atoms with Crippen LogP contribution in [0, 0.1) is 0 Å². The summed E-state index contributed by atoms with van der Waals surface area (Å²) >= 11 is 6.59. The molecular weight excluding hydrogens is 562 g/mol. The molecule has 34 heavy (non-hydrogen) atoms. The van der Waals surface area contributed by atoms with Crippen LogP contribution in [0.3, 0.4) is 0 Å². The number of hydrogen-bond donors (Lipinski definition) is 3. The molecule has 0 aliphatic carbocycles. The summed E-state index contributed by atoms with van der Waals surface area (Å²) in [5.74, 6) is -1.06. The van der Waals surface area contributed by atoms with Gasteiger partial charge in [-0.05, 0) is 64.3 Å². The van der Waals surface area contributed by atoms with Crippen molar-refractivity contribution in [3.05, 3.63) is 116 Å². The second-order valence-corrected chi connectivity index (χ2v) is 8.97. The predicted molar refractivity (Wildman–Crippen MR) is 141 cm³/mol. The first kappa shape index (κ1) is 25.1. The van der Waals surface area contributed by atoms with Crippen LogP contribution < -0.4 is 10.7 Å². The fraction of sp³-hybridized carbons (Fsp3) is 0.0385. The molecule has 3 rings (SSSR count). The Kier molecular flexibility index (Phi) is 8.95. The standard InChI is InChI=1S/C26H21Br2N3O3/c1-17(12-18-8-4-2-5-9-18)13-23(30-25(33)19-10-6-3-7-11-19)26(34)31-29-16-20-14-21(27)15-22(28)24(20)32/h2-16,32H,1H3,(H,30,33)(H,31,34)/b17-12+,23-13-,29-16?. The molecule has 8 heteroatoms. The van der Waals surface area contributed by atoms with E-state index in [0.717, 1.165) is 15.6 Å². The molecule has 0 fully saturated rings. The molecule has 0 aliphatic heterocycles. The van der Waals surface area contributed by atoms with Gasteiger partial charge in [0.25, 0.3) is 11.8 Å². The number of carbonyl (C=O) groups is 2. The number of hydrogen-bond acceptors (Lipinski definition) is 4. The Bertz CT molecular complexity index is 1270. The molecule has 0 unspecified atom stereocenters. The first-order valence-electron chi connectivity index (χ1n) is 10.2. The molecular formula is C26H21Br2N3O3. The number of aromatic hydroxyl groups is 1. The quantitative estimate of drug-likeness (QED) is 0.143. The number of benzene rings is 3. The van der Waals surface area contributed by atoms with Crippen LogP contribution >= 0.6 is 31.9 Å². The van der Waals surface area contributed by atoms with Crippen molar-refractivity contribution in [2.24, 2.45) is 5.10 Å². The monoisotopic (exact) mass is 581 g/mol. The van der Waals surface area contributed by atoms with Crippen LogP contribution in [0.5, 0.6) is 5.75 Å². The molecule has 3 aromatic rings. The van der Waals surface area contributed by atoms with Crippen molar-refractivity contribution >= 4 is 56.0 Å². The Morgan fingerprint density at radius 1 is 0.971 bits per heavy atom. The van der Waals surface area contributed by atoms with Crippen molar-refractivity contribution in [1.29, 1.82) is 0 Å². The van der Waals surface area contributed by atoms with Crippen LogP contribution in [0.2, 0.25) is 0 Å². The Hall–Kier alpha value is -3.49. The number of rotatable bonds is 7. The van der Waals surface area contributed by atoms with Crippen molar-refractivity contribution < 1.29 is 14.7 Å². The third-order valence-electron chi connectivity index (χ3n) is 4.52. The van der Waals surface area contributed by atoms with Crippen LogP contribution in [0.25, 0.3) is 6.08 Å². The predicted octanol–water partition coefficient (Wildman–Crippen LogP) is 5.78. The zero-order valence-corrected chi connectivity index (χ0v) is 21.3. The van der Waals surface area contributed by atoms with Gasteiger partial charge < -0.3 is 10.4 Å². The third kappa shape index (κ3) is 7.26. The van der Waals surface area contributed by atoms with Gasteiger partial charge in [0.05, 0.1) is 10.7 Å². The number of nitrogens with one attached hydrogen (secondary N) is 2. The first-order chi connectivity index (χ1) is 16.3. The average molecular weight is 583 g/mol. The highest BCUT2D eigenvalue weighted by atomic mass is 79.9. The zero-order chi connectivity index (χ0) is 24.5. The molecule has 0 atom stereocenters. The Morgan fingerprint density at radius 2 is 1.62 bits per heavy atom. The van der Waals surface area contributed by atoms with Crippen LogP contribution in [-0.2, 0) is 4.79 Å². The van der Waals surface area contributed by atoms with Crippen LogP contribution in [-0.4, -0.2) is 23.1 Å². The summed E-state index contributed by atoms with van der Waals surface area (Å²) in [6.07, 6.45) is 4.78. The molecule has 2 amide bonds. The van der Waals surface area contributed by atoms with Crippen LogP contribution in [0.4, 0.5) is 0 Å². The van der Waals surface area contributed by atoms with E-state index in [1.54, 1.807) is 48.5 Å². The summed E-state index contributed by atoms with van der Waals surface area (Å²) in [4.78, 5) is 25.6. The van der Waals surface area contributed by atoms with Crippen LogP contribution in [0.1, 0.15) is 28.4 Å². The lowest BCUT2D eigenvalue weighted by Gasteiger charge is -2.09. The highest BCUT2D eigenvalue weighted by molar-refractivity contribution is 9.11. The van der Waals surface area contributed by atoms with Crippen molar-refractivity contribution in [3.63, 3.8) is 0 Å². The summed E-state index contributed by atoms with van der Waals surface area (Å²) in [6.45, 7) is 1.83. The number of phenolic OH excluding ortho intramolecular Hbond substituents is 1. The zero-order valence-electron chi connectivity index (χ0n) is 18.1. The number of phenols is 1. The molecule has 0 aliphatic rings. The molecule has 6 nitrogen and oxygen atoms in total. The summed E-state index contributed by atoms with van der Waals surface area (Å²) in [7, 11) is 0. The lowest BCUT2D eigenvalue weighted by atomic mass is 10.1. The lowest BCUT2D eigenvalue weighted by molar-refractivity contribution is -0.117. The van der Waals surface area contributed by atoms with E-state index in [4.69, 9.17) is 0 Å². The van der Waals surface area contributed by atoms with Gasteiger partial charge in [-0.1, -0.05) is 70.5 Å². The topological polar surface area (TPSA) is 90.8 Å². The minimum Gasteiger partial charge on any atom is -0.506 e. The van der Waals surface area contributed by atoms with Crippen molar-refractivity contribution in [2.45, 2.75) is 6.92 Å². The number of hydrazone groups is 1. The van der Waals surface area contributed by atoms with E-state index in [1.807, 2.05) is 43.3 Å². The first-order valence-corrected chi connectivity index (χ1v) is 11.7. The second kappa shape index (κ2) is 12.1. The highest BCUT2D eigenvalue weighted by Crippen LogP contribution is 2.30. The second-order valence-electron chi connectivity index (χ2n) is 7.20.